The SMILES string of the molecule is C1=C/CCCCC2(CCCC3(CCCCC/1)SCCCS3)SCCCS2. The highest BCUT2D eigenvalue weighted by molar-refractivity contribution is 8.19. The Hall–Kier alpha value is 1.14. The van der Waals surface area contributed by atoms with Crippen molar-refractivity contribution in [1.29, 1.82) is 0 Å². The number of rotatable bonds is 0. The lowest BCUT2D eigenvalue weighted by atomic mass is 10.0. The van der Waals surface area contributed by atoms with Crippen LogP contribution in [0.3, 0.4) is 0 Å². The van der Waals surface area contributed by atoms with Crippen molar-refractivity contribution in [3.63, 3.8) is 0 Å². The summed E-state index contributed by atoms with van der Waals surface area (Å²) in [5.74, 6) is 5.62. The minimum Gasteiger partial charge on any atom is -0.144 e. The maximum atomic E-state index is 2.47. The first-order valence-electron chi connectivity index (χ1n) is 11.0. The van der Waals surface area contributed by atoms with Gasteiger partial charge in [0, 0.05) is 0 Å². The van der Waals surface area contributed by atoms with Crippen molar-refractivity contribution in [3.8, 4) is 0 Å². The van der Waals surface area contributed by atoms with Crippen molar-refractivity contribution < 1.29 is 0 Å². The largest absolute Gasteiger partial charge is 0.144 e. The van der Waals surface area contributed by atoms with Gasteiger partial charge in [-0.15, -0.1) is 47.0 Å². The van der Waals surface area contributed by atoms with Gasteiger partial charge in [0.1, 0.15) is 0 Å². The number of thioether (sulfide) groups is 4. The maximum absolute atomic E-state index is 2.47. The first-order valence-corrected chi connectivity index (χ1v) is 15.0. The summed E-state index contributed by atoms with van der Waals surface area (Å²) in [4.78, 5) is 0. The topological polar surface area (TPSA) is 0 Å². The Kier molecular flexibility index (Phi) is 10.1. The van der Waals surface area contributed by atoms with Crippen molar-refractivity contribution in [2.24, 2.45) is 0 Å². The van der Waals surface area contributed by atoms with Crippen molar-refractivity contribution >= 4 is 47.0 Å². The molecular weight excluding hydrogens is 393 g/mol. The van der Waals surface area contributed by atoms with Crippen LogP contribution in [0.1, 0.15) is 89.9 Å². The normalized spacial score (nSPS) is 30.2. The van der Waals surface area contributed by atoms with E-state index in [9.17, 15) is 0 Å². The van der Waals surface area contributed by atoms with Gasteiger partial charge in [-0.25, -0.2) is 0 Å². The molecule has 150 valence electrons. The van der Waals surface area contributed by atoms with E-state index in [-0.39, 0.29) is 0 Å². The summed E-state index contributed by atoms with van der Waals surface area (Å²) in [7, 11) is 0. The second kappa shape index (κ2) is 12.0. The van der Waals surface area contributed by atoms with Crippen LogP contribution in [0.4, 0.5) is 0 Å². The Balaban J connectivity index is 1.61. The molecule has 0 radical (unpaired) electrons. The van der Waals surface area contributed by atoms with Crippen molar-refractivity contribution in [2.75, 3.05) is 23.0 Å². The van der Waals surface area contributed by atoms with E-state index in [0.29, 0.717) is 8.16 Å². The van der Waals surface area contributed by atoms with Gasteiger partial charge in [0.15, 0.2) is 0 Å². The summed E-state index contributed by atoms with van der Waals surface area (Å²) in [5, 5.41) is 0. The fourth-order valence-electron chi connectivity index (χ4n) is 4.41. The summed E-state index contributed by atoms with van der Waals surface area (Å²) in [6.45, 7) is 0. The van der Waals surface area contributed by atoms with Crippen molar-refractivity contribution in [3.05, 3.63) is 12.2 Å². The molecule has 2 heterocycles. The van der Waals surface area contributed by atoms with E-state index >= 15 is 0 Å². The molecule has 4 heteroatoms. The van der Waals surface area contributed by atoms with Crippen molar-refractivity contribution in [2.45, 2.75) is 98.0 Å². The van der Waals surface area contributed by atoms with Gasteiger partial charge in [0.2, 0.25) is 0 Å². The predicted octanol–water partition coefficient (Wildman–Crippen LogP) is 8.37. The molecular formula is C22H38S4. The lowest BCUT2D eigenvalue weighted by Crippen LogP contribution is -2.28. The molecule has 2 spiro atoms. The molecule has 1 aliphatic carbocycles. The summed E-state index contributed by atoms with van der Waals surface area (Å²) in [5.41, 5.74) is 0. The average molecular weight is 431 g/mol. The minimum atomic E-state index is 0.560. The average Bonchev–Trinajstić information content (AvgIpc) is 2.67. The van der Waals surface area contributed by atoms with Gasteiger partial charge >= 0.3 is 0 Å². The standard InChI is InChI=1S/C22H38S4/c1-2-4-6-8-13-21(23-17-11-18-24-21)15-10-16-22(14-9-7-5-3-1)25-19-12-20-26-22/h1-2H,3-20H2/b2-1+. The van der Waals surface area contributed by atoms with E-state index in [2.05, 4.69) is 59.2 Å². The van der Waals surface area contributed by atoms with Crippen LogP contribution in [0.2, 0.25) is 0 Å². The molecule has 0 aromatic carbocycles. The highest BCUT2D eigenvalue weighted by Gasteiger charge is 2.36. The quantitative estimate of drug-likeness (QED) is 0.354. The van der Waals surface area contributed by atoms with E-state index in [0.717, 1.165) is 0 Å². The van der Waals surface area contributed by atoms with Gasteiger partial charge in [-0.1, -0.05) is 31.4 Å². The molecule has 0 aromatic rings. The monoisotopic (exact) mass is 430 g/mol. The van der Waals surface area contributed by atoms with Crippen LogP contribution in [0.15, 0.2) is 12.2 Å². The molecule has 0 saturated carbocycles. The number of allylic oxidation sites excluding steroid dienone is 2. The summed E-state index contributed by atoms with van der Waals surface area (Å²) < 4.78 is 1.13. The highest BCUT2D eigenvalue weighted by Crippen LogP contribution is 2.53. The molecule has 2 saturated heterocycles. The Morgan fingerprint density at radius 1 is 0.423 bits per heavy atom. The Morgan fingerprint density at radius 2 is 0.846 bits per heavy atom. The minimum absolute atomic E-state index is 0.560. The Labute approximate surface area is 179 Å². The molecule has 0 bridgehead atoms. The molecule has 3 aliphatic rings. The molecule has 3 rings (SSSR count). The van der Waals surface area contributed by atoms with Gasteiger partial charge in [0.05, 0.1) is 8.16 Å². The zero-order chi connectivity index (χ0) is 18.0. The predicted molar refractivity (Wildman–Crippen MR) is 129 cm³/mol. The third kappa shape index (κ3) is 7.19. The molecule has 0 nitrogen and oxygen atoms in total. The second-order valence-electron chi connectivity index (χ2n) is 8.09. The number of hydrogen-bond donors (Lipinski definition) is 0. The lowest BCUT2D eigenvalue weighted by Gasteiger charge is -2.40. The summed E-state index contributed by atoms with van der Waals surface area (Å²) >= 11 is 9.29. The molecule has 2 aliphatic heterocycles. The maximum Gasteiger partial charge on any atom is 0.0611 e. The molecule has 0 amide bonds. The molecule has 26 heavy (non-hydrogen) atoms. The molecule has 0 aromatic heterocycles. The summed E-state index contributed by atoms with van der Waals surface area (Å²) in [6.07, 6.45) is 24.8. The van der Waals surface area contributed by atoms with Crippen LogP contribution in [-0.4, -0.2) is 31.2 Å². The van der Waals surface area contributed by atoms with Gasteiger partial charge in [-0.3, -0.25) is 0 Å². The molecule has 0 N–H and O–H groups in total. The highest BCUT2D eigenvalue weighted by atomic mass is 32.2. The van der Waals surface area contributed by atoms with Crippen LogP contribution in [0.5, 0.6) is 0 Å². The van der Waals surface area contributed by atoms with Gasteiger partial charge in [0.25, 0.3) is 0 Å². The number of hydrogen-bond acceptors (Lipinski definition) is 4. The zero-order valence-corrected chi connectivity index (χ0v) is 19.8. The van der Waals surface area contributed by atoms with E-state index < -0.39 is 0 Å². The van der Waals surface area contributed by atoms with Gasteiger partial charge < -0.3 is 0 Å². The van der Waals surface area contributed by atoms with E-state index in [1.165, 1.54) is 113 Å². The third-order valence-corrected chi connectivity index (χ3v) is 13.0. The lowest BCUT2D eigenvalue weighted by molar-refractivity contribution is 0.520. The van der Waals surface area contributed by atoms with Crippen LogP contribution < -0.4 is 0 Å². The fourth-order valence-corrected chi connectivity index (χ4v) is 11.4. The van der Waals surface area contributed by atoms with E-state index in [1.807, 2.05) is 0 Å². The summed E-state index contributed by atoms with van der Waals surface area (Å²) in [6, 6.07) is 0. The first-order chi connectivity index (χ1) is 12.8. The Bertz CT molecular complexity index is 408. The van der Waals surface area contributed by atoms with Gasteiger partial charge in [-0.2, -0.15) is 0 Å². The zero-order valence-electron chi connectivity index (χ0n) is 16.5. The fraction of sp³-hybridized carbons (Fsp3) is 0.909. The van der Waals surface area contributed by atoms with Crippen LogP contribution in [-0.2, 0) is 0 Å². The van der Waals surface area contributed by atoms with Crippen LogP contribution >= 0.6 is 47.0 Å². The molecule has 0 atom stereocenters. The third-order valence-electron chi connectivity index (χ3n) is 5.93. The van der Waals surface area contributed by atoms with Crippen LogP contribution in [0, 0.1) is 0 Å². The second-order valence-corrected chi connectivity index (χ2v) is 14.5. The van der Waals surface area contributed by atoms with Crippen LogP contribution in [0.25, 0.3) is 0 Å². The van der Waals surface area contributed by atoms with E-state index in [4.69, 9.17) is 0 Å². The Morgan fingerprint density at radius 3 is 1.38 bits per heavy atom. The first kappa shape index (κ1) is 21.8. The van der Waals surface area contributed by atoms with Gasteiger partial charge in [-0.05, 0) is 93.6 Å². The smallest absolute Gasteiger partial charge is 0.0611 e. The van der Waals surface area contributed by atoms with E-state index in [1.54, 1.807) is 0 Å². The molecule has 0 unspecified atom stereocenters. The van der Waals surface area contributed by atoms with Crippen molar-refractivity contribution in [1.82, 2.24) is 0 Å². The molecule has 2 fully saturated rings.